The number of aryl methyl sites for hydroxylation is 3. The molecule has 1 unspecified atom stereocenters. The van der Waals surface area contributed by atoms with E-state index in [4.69, 9.17) is 10.3 Å². The molecule has 5 nitrogen and oxygen atoms in total. The van der Waals surface area contributed by atoms with E-state index in [1.54, 1.807) is 6.20 Å². The van der Waals surface area contributed by atoms with E-state index < -0.39 is 0 Å². The van der Waals surface area contributed by atoms with Gasteiger partial charge in [0.1, 0.15) is 11.5 Å². The molecule has 0 saturated carbocycles. The van der Waals surface area contributed by atoms with Gasteiger partial charge in [-0.25, -0.2) is 5.43 Å². The van der Waals surface area contributed by atoms with Crippen LogP contribution in [-0.2, 0) is 6.54 Å². The third-order valence-electron chi connectivity index (χ3n) is 3.42. The van der Waals surface area contributed by atoms with Crippen molar-refractivity contribution in [2.75, 3.05) is 0 Å². The Kier molecular flexibility index (Phi) is 3.54. The highest BCUT2D eigenvalue weighted by atomic mass is 16.3. The number of hydrogen-bond donors (Lipinski definition) is 2. The number of furan rings is 1. The van der Waals surface area contributed by atoms with Gasteiger partial charge in [0.15, 0.2) is 0 Å². The lowest BCUT2D eigenvalue weighted by Crippen LogP contribution is -2.31. The molecule has 0 fully saturated rings. The fourth-order valence-electron chi connectivity index (χ4n) is 2.40. The summed E-state index contributed by atoms with van der Waals surface area (Å²) < 4.78 is 7.61. The molecule has 0 bridgehead atoms. The van der Waals surface area contributed by atoms with Gasteiger partial charge in [-0.3, -0.25) is 10.5 Å². The second-order valence-corrected chi connectivity index (χ2v) is 4.42. The molecule has 0 amide bonds. The number of nitrogens with zero attached hydrogens (tertiary/aromatic N) is 2. The predicted molar refractivity (Wildman–Crippen MR) is 70.0 cm³/mol. The smallest absolute Gasteiger partial charge is 0.106 e. The Bertz CT molecular complexity index is 541. The van der Waals surface area contributed by atoms with E-state index in [2.05, 4.69) is 24.4 Å². The summed E-state index contributed by atoms with van der Waals surface area (Å²) >= 11 is 0. The molecule has 2 rings (SSSR count). The predicted octanol–water partition coefficient (Wildman–Crippen LogP) is 1.97. The van der Waals surface area contributed by atoms with E-state index in [-0.39, 0.29) is 6.04 Å². The number of rotatable bonds is 4. The van der Waals surface area contributed by atoms with Crippen LogP contribution in [0.15, 0.2) is 16.7 Å². The summed E-state index contributed by atoms with van der Waals surface area (Å²) in [6, 6.07) is 1.89. The van der Waals surface area contributed by atoms with Crippen molar-refractivity contribution in [3.05, 3.63) is 40.6 Å². The highest BCUT2D eigenvalue weighted by Crippen LogP contribution is 2.30. The first-order valence-electron chi connectivity index (χ1n) is 6.14. The van der Waals surface area contributed by atoms with Gasteiger partial charge in [0.2, 0.25) is 0 Å². The van der Waals surface area contributed by atoms with E-state index in [0.717, 1.165) is 34.9 Å². The maximum absolute atomic E-state index is 5.73. The van der Waals surface area contributed by atoms with Gasteiger partial charge in [0.25, 0.3) is 0 Å². The van der Waals surface area contributed by atoms with Gasteiger partial charge in [-0.05, 0) is 39.3 Å². The first kappa shape index (κ1) is 12.9. The Morgan fingerprint density at radius 2 is 2.11 bits per heavy atom. The van der Waals surface area contributed by atoms with Crippen molar-refractivity contribution in [2.45, 2.75) is 40.3 Å². The summed E-state index contributed by atoms with van der Waals surface area (Å²) in [5.41, 5.74) is 6.16. The van der Waals surface area contributed by atoms with Crippen molar-refractivity contribution in [2.24, 2.45) is 5.84 Å². The molecule has 98 valence electrons. The van der Waals surface area contributed by atoms with Crippen LogP contribution >= 0.6 is 0 Å². The molecule has 3 N–H and O–H groups in total. The molecular formula is C13H20N4O. The molecule has 0 aliphatic carbocycles. The maximum Gasteiger partial charge on any atom is 0.106 e. The Morgan fingerprint density at radius 1 is 1.39 bits per heavy atom. The molecule has 2 heterocycles. The van der Waals surface area contributed by atoms with Crippen molar-refractivity contribution < 1.29 is 4.42 Å². The van der Waals surface area contributed by atoms with Crippen LogP contribution in [0.5, 0.6) is 0 Å². The topological polar surface area (TPSA) is 69.0 Å². The van der Waals surface area contributed by atoms with Gasteiger partial charge in [-0.2, -0.15) is 5.10 Å². The van der Waals surface area contributed by atoms with Gasteiger partial charge >= 0.3 is 0 Å². The van der Waals surface area contributed by atoms with Crippen LogP contribution < -0.4 is 11.3 Å². The van der Waals surface area contributed by atoms with Crippen molar-refractivity contribution in [1.82, 2.24) is 15.2 Å². The summed E-state index contributed by atoms with van der Waals surface area (Å²) in [6.45, 7) is 8.86. The Hall–Kier alpha value is -1.59. The summed E-state index contributed by atoms with van der Waals surface area (Å²) in [4.78, 5) is 0. The van der Waals surface area contributed by atoms with Crippen LogP contribution in [0.25, 0.3) is 0 Å². The zero-order valence-electron chi connectivity index (χ0n) is 11.3. The van der Waals surface area contributed by atoms with Gasteiger partial charge < -0.3 is 4.42 Å². The molecule has 18 heavy (non-hydrogen) atoms. The Labute approximate surface area is 107 Å². The van der Waals surface area contributed by atoms with Crippen LogP contribution in [0.2, 0.25) is 0 Å². The van der Waals surface area contributed by atoms with Crippen molar-refractivity contribution in [3.8, 4) is 0 Å². The van der Waals surface area contributed by atoms with Gasteiger partial charge in [-0.15, -0.1) is 0 Å². The zero-order chi connectivity index (χ0) is 13.3. The first-order chi connectivity index (χ1) is 8.60. The van der Waals surface area contributed by atoms with E-state index in [1.165, 1.54) is 0 Å². The van der Waals surface area contributed by atoms with E-state index in [0.29, 0.717) is 0 Å². The lowest BCUT2D eigenvalue weighted by Gasteiger charge is -2.18. The Balaban J connectivity index is 2.52. The van der Waals surface area contributed by atoms with Crippen LogP contribution in [0.4, 0.5) is 0 Å². The lowest BCUT2D eigenvalue weighted by molar-refractivity contribution is 0.488. The summed E-state index contributed by atoms with van der Waals surface area (Å²) in [5, 5.41) is 4.29. The van der Waals surface area contributed by atoms with E-state index in [9.17, 15) is 0 Å². The van der Waals surface area contributed by atoms with Crippen molar-refractivity contribution >= 4 is 0 Å². The summed E-state index contributed by atoms with van der Waals surface area (Å²) in [6.07, 6.45) is 1.79. The first-order valence-corrected chi connectivity index (χ1v) is 6.14. The molecule has 1 atom stereocenters. The zero-order valence-corrected chi connectivity index (χ0v) is 11.3. The monoisotopic (exact) mass is 248 g/mol. The van der Waals surface area contributed by atoms with E-state index in [1.807, 2.05) is 24.6 Å². The standard InChI is InChI=1S/C13H20N4O/c1-5-17-11(6-7-15-17)13(16-14)12-8(2)9(3)18-10(12)4/h6-7,13,16H,5,14H2,1-4H3. The van der Waals surface area contributed by atoms with Crippen LogP contribution in [0, 0.1) is 20.8 Å². The highest BCUT2D eigenvalue weighted by molar-refractivity contribution is 5.38. The molecule has 0 saturated heterocycles. The molecule has 2 aromatic rings. The summed E-state index contributed by atoms with van der Waals surface area (Å²) in [7, 11) is 0. The molecule has 0 spiro atoms. The van der Waals surface area contributed by atoms with Crippen LogP contribution in [-0.4, -0.2) is 9.78 Å². The fourth-order valence-corrected chi connectivity index (χ4v) is 2.40. The third kappa shape index (κ3) is 1.95. The van der Waals surface area contributed by atoms with Crippen LogP contribution in [0.3, 0.4) is 0 Å². The third-order valence-corrected chi connectivity index (χ3v) is 3.42. The minimum Gasteiger partial charge on any atom is -0.466 e. The maximum atomic E-state index is 5.73. The average Bonchev–Trinajstić information content (AvgIpc) is 2.90. The molecular weight excluding hydrogens is 228 g/mol. The summed E-state index contributed by atoms with van der Waals surface area (Å²) in [5.74, 6) is 7.57. The van der Waals surface area contributed by atoms with Gasteiger partial charge in [0, 0.05) is 18.3 Å². The molecule has 0 aliphatic heterocycles. The second-order valence-electron chi connectivity index (χ2n) is 4.42. The fraction of sp³-hybridized carbons (Fsp3) is 0.462. The molecule has 0 radical (unpaired) electrons. The SMILES string of the molecule is CCn1nccc1C(NN)c1c(C)oc(C)c1C. The van der Waals surface area contributed by atoms with Gasteiger partial charge in [-0.1, -0.05) is 0 Å². The largest absolute Gasteiger partial charge is 0.466 e. The highest BCUT2D eigenvalue weighted by Gasteiger charge is 2.24. The van der Waals surface area contributed by atoms with Crippen LogP contribution in [0.1, 0.15) is 41.3 Å². The number of nitrogens with two attached hydrogens (primary N) is 1. The van der Waals surface area contributed by atoms with Crippen molar-refractivity contribution in [3.63, 3.8) is 0 Å². The Morgan fingerprint density at radius 3 is 2.61 bits per heavy atom. The molecule has 0 aliphatic rings. The number of nitrogens with one attached hydrogen (secondary N) is 1. The molecule has 0 aromatic carbocycles. The van der Waals surface area contributed by atoms with Crippen molar-refractivity contribution in [1.29, 1.82) is 0 Å². The number of hydrogen-bond acceptors (Lipinski definition) is 4. The van der Waals surface area contributed by atoms with E-state index >= 15 is 0 Å². The molecule has 5 heteroatoms. The quantitative estimate of drug-likeness (QED) is 0.641. The minimum atomic E-state index is -0.0927. The number of aromatic nitrogens is 2. The lowest BCUT2D eigenvalue weighted by atomic mass is 10.00. The molecule has 2 aromatic heterocycles. The second kappa shape index (κ2) is 4.96. The minimum absolute atomic E-state index is 0.0927. The van der Waals surface area contributed by atoms with Gasteiger partial charge in [0.05, 0.1) is 11.7 Å². The average molecular weight is 248 g/mol. The number of hydrazine groups is 1. The normalized spacial score (nSPS) is 12.9.